The minimum absolute atomic E-state index is 0.0967. The second-order valence-corrected chi connectivity index (χ2v) is 11.8. The lowest BCUT2D eigenvalue weighted by molar-refractivity contribution is -0.0591. The van der Waals surface area contributed by atoms with E-state index in [1.54, 1.807) is 18.2 Å². The number of nitrogens with zero attached hydrogens (tertiary/aromatic N) is 4. The number of esters is 1. The molecule has 1 saturated carbocycles. The molecule has 1 aliphatic carbocycles. The topological polar surface area (TPSA) is 78.7 Å². The molecule has 2 aliphatic heterocycles. The Hall–Kier alpha value is -4.52. The normalized spacial score (nSPS) is 18.1. The van der Waals surface area contributed by atoms with Gasteiger partial charge in [-0.25, -0.2) is 19.2 Å². The molecule has 2 aromatic carbocycles. The van der Waals surface area contributed by atoms with E-state index in [9.17, 15) is 9.18 Å². The van der Waals surface area contributed by atoms with E-state index in [2.05, 4.69) is 27.4 Å². The molecular weight excluding hydrogens is 571 g/mol. The van der Waals surface area contributed by atoms with Crippen molar-refractivity contribution in [2.75, 3.05) is 26.8 Å². The van der Waals surface area contributed by atoms with Crippen molar-refractivity contribution in [3.63, 3.8) is 0 Å². The summed E-state index contributed by atoms with van der Waals surface area (Å²) in [5.41, 5.74) is 5.46. The summed E-state index contributed by atoms with van der Waals surface area (Å²) in [4.78, 5) is 24.2. The van der Waals surface area contributed by atoms with Crippen LogP contribution in [0.2, 0.25) is 0 Å². The summed E-state index contributed by atoms with van der Waals surface area (Å²) >= 11 is 0. The van der Waals surface area contributed by atoms with Gasteiger partial charge in [-0.05, 0) is 67.7 Å². The van der Waals surface area contributed by atoms with Gasteiger partial charge in [0, 0.05) is 42.8 Å². The molecule has 9 heteroatoms. The highest BCUT2D eigenvalue weighted by Crippen LogP contribution is 2.28. The van der Waals surface area contributed by atoms with Crippen LogP contribution < -0.4 is 4.74 Å². The van der Waals surface area contributed by atoms with E-state index >= 15 is 0 Å². The summed E-state index contributed by atoms with van der Waals surface area (Å²) in [5.74, 6) is 7.43. The van der Waals surface area contributed by atoms with E-state index in [1.807, 2.05) is 30.3 Å². The van der Waals surface area contributed by atoms with Gasteiger partial charge in [0.1, 0.15) is 18.2 Å². The zero-order chi connectivity index (χ0) is 30.8. The molecule has 230 valence electrons. The van der Waals surface area contributed by atoms with E-state index in [1.165, 1.54) is 13.2 Å². The van der Waals surface area contributed by atoms with Gasteiger partial charge >= 0.3 is 5.97 Å². The van der Waals surface area contributed by atoms with Crippen LogP contribution in [-0.2, 0) is 29.2 Å². The number of benzene rings is 2. The molecule has 0 radical (unpaired) electrons. The minimum Gasteiger partial charge on any atom is -0.473 e. The highest BCUT2D eigenvalue weighted by Gasteiger charge is 2.24. The quantitative estimate of drug-likeness (QED) is 0.177. The van der Waals surface area contributed by atoms with E-state index in [4.69, 9.17) is 24.2 Å². The second kappa shape index (κ2) is 12.8. The Labute approximate surface area is 261 Å². The van der Waals surface area contributed by atoms with Gasteiger partial charge in [0.2, 0.25) is 5.88 Å². The minimum atomic E-state index is -0.363. The van der Waals surface area contributed by atoms with E-state index < -0.39 is 0 Å². The van der Waals surface area contributed by atoms with Gasteiger partial charge in [0.15, 0.2) is 0 Å². The zero-order valence-electron chi connectivity index (χ0n) is 25.3. The van der Waals surface area contributed by atoms with Crippen LogP contribution in [0, 0.1) is 23.6 Å². The molecule has 4 heterocycles. The summed E-state index contributed by atoms with van der Waals surface area (Å²) < 4.78 is 33.4. The van der Waals surface area contributed by atoms with Crippen molar-refractivity contribution in [3.8, 4) is 17.7 Å². The Kier molecular flexibility index (Phi) is 8.33. The molecule has 0 N–H and O–H groups in total. The van der Waals surface area contributed by atoms with Gasteiger partial charge in [-0.1, -0.05) is 30.0 Å². The lowest BCUT2D eigenvalue weighted by Gasteiger charge is -2.29. The summed E-state index contributed by atoms with van der Waals surface area (Å²) in [7, 11) is 1.39. The van der Waals surface area contributed by atoms with Gasteiger partial charge in [-0.15, -0.1) is 0 Å². The third-order valence-corrected chi connectivity index (χ3v) is 8.57. The lowest BCUT2D eigenvalue weighted by Crippen LogP contribution is -2.33. The molecule has 2 fully saturated rings. The smallest absolute Gasteiger partial charge is 0.337 e. The number of fused-ring (bicyclic) bond motifs is 1. The highest BCUT2D eigenvalue weighted by atomic mass is 19.1. The molecule has 0 amide bonds. The van der Waals surface area contributed by atoms with Crippen molar-refractivity contribution in [2.24, 2.45) is 5.92 Å². The fraction of sp³-hybridized carbons (Fsp3) is 0.361. The zero-order valence-corrected chi connectivity index (χ0v) is 25.3. The Bertz CT molecular complexity index is 1830. The van der Waals surface area contributed by atoms with Crippen LogP contribution in [0.5, 0.6) is 5.88 Å². The largest absolute Gasteiger partial charge is 0.473 e. The monoisotopic (exact) mass is 606 g/mol. The summed E-state index contributed by atoms with van der Waals surface area (Å²) in [6.45, 7) is 3.84. The molecule has 8 nitrogen and oxygen atoms in total. The number of imidazole rings is 1. The number of carbonyl (C=O) groups is 1. The van der Waals surface area contributed by atoms with Crippen molar-refractivity contribution < 1.29 is 23.4 Å². The SMILES string of the molecule is COC(=O)c1ccc2nc(CN3CC=C(c4cccc(OCc5ccc(C#CC6CC6)cc5F)n4)CC3)n(C[C@@H]3CCO3)c2c1. The Morgan fingerprint density at radius 1 is 1.11 bits per heavy atom. The van der Waals surface area contributed by atoms with Crippen LogP contribution in [0.25, 0.3) is 16.6 Å². The standard InChI is InChI=1S/C36H35FN4O4/c1-43-36(42)27-11-12-32-33(20-27)41(21-29-15-18-44-29)34(38-32)22-40-16-13-26(14-17-40)31-3-2-4-35(39-31)45-23-28-10-9-25(19-30(28)37)8-7-24-5-6-24/h2-4,9-13,19-20,24,29H,5-6,14-18,21-23H2,1H3/t29-/m0/s1. The summed E-state index contributed by atoms with van der Waals surface area (Å²) in [5, 5.41) is 0. The Morgan fingerprint density at radius 2 is 2.00 bits per heavy atom. The van der Waals surface area contributed by atoms with Crippen molar-refractivity contribution in [1.82, 2.24) is 19.4 Å². The van der Waals surface area contributed by atoms with Gasteiger partial charge in [-0.3, -0.25) is 4.90 Å². The first-order valence-electron chi connectivity index (χ1n) is 15.5. The van der Waals surface area contributed by atoms with Crippen LogP contribution >= 0.6 is 0 Å². The van der Waals surface area contributed by atoms with Crippen LogP contribution in [0.1, 0.15) is 58.7 Å². The average molecular weight is 607 g/mol. The lowest BCUT2D eigenvalue weighted by atomic mass is 10.0. The van der Waals surface area contributed by atoms with Crippen LogP contribution in [0.15, 0.2) is 60.7 Å². The first-order chi connectivity index (χ1) is 22.0. The third kappa shape index (κ3) is 6.77. The number of carbonyl (C=O) groups excluding carboxylic acids is 1. The van der Waals surface area contributed by atoms with E-state index in [0.29, 0.717) is 41.6 Å². The van der Waals surface area contributed by atoms with Crippen LogP contribution in [0.3, 0.4) is 0 Å². The van der Waals surface area contributed by atoms with E-state index in [-0.39, 0.29) is 24.5 Å². The van der Waals surface area contributed by atoms with Gasteiger partial charge in [0.05, 0.1) is 48.6 Å². The van der Waals surface area contributed by atoms with Crippen molar-refractivity contribution in [3.05, 3.63) is 94.7 Å². The second-order valence-electron chi connectivity index (χ2n) is 11.8. The number of halogens is 1. The number of pyridine rings is 1. The van der Waals surface area contributed by atoms with Crippen LogP contribution in [0.4, 0.5) is 4.39 Å². The molecule has 0 unspecified atom stereocenters. The van der Waals surface area contributed by atoms with Crippen molar-refractivity contribution >= 4 is 22.6 Å². The molecular formula is C36H35FN4O4. The maximum Gasteiger partial charge on any atom is 0.337 e. The molecule has 2 aromatic heterocycles. The first kappa shape index (κ1) is 29.2. The number of aromatic nitrogens is 3. The summed E-state index contributed by atoms with van der Waals surface area (Å²) in [6.07, 6.45) is 6.48. The third-order valence-electron chi connectivity index (χ3n) is 8.57. The number of ether oxygens (including phenoxy) is 3. The molecule has 7 rings (SSSR count). The number of hydrogen-bond donors (Lipinski definition) is 0. The molecule has 4 aromatic rings. The van der Waals surface area contributed by atoms with Crippen LogP contribution in [-0.4, -0.2) is 58.3 Å². The van der Waals surface area contributed by atoms with E-state index in [0.717, 1.165) is 73.5 Å². The molecule has 3 aliphatic rings. The maximum atomic E-state index is 14.7. The molecule has 1 saturated heterocycles. The first-order valence-corrected chi connectivity index (χ1v) is 15.5. The molecule has 0 spiro atoms. The number of hydrogen-bond acceptors (Lipinski definition) is 7. The van der Waals surface area contributed by atoms with Gasteiger partial charge in [-0.2, -0.15) is 0 Å². The number of rotatable bonds is 9. The predicted molar refractivity (Wildman–Crippen MR) is 168 cm³/mol. The molecule has 0 bridgehead atoms. The number of methoxy groups -OCH3 is 1. The Balaban J connectivity index is 1.01. The Morgan fingerprint density at radius 3 is 2.73 bits per heavy atom. The fourth-order valence-electron chi connectivity index (χ4n) is 5.64. The molecule has 45 heavy (non-hydrogen) atoms. The highest BCUT2D eigenvalue weighted by molar-refractivity contribution is 5.93. The van der Waals surface area contributed by atoms with Gasteiger partial charge < -0.3 is 18.8 Å². The molecule has 1 atom stereocenters. The van der Waals surface area contributed by atoms with Crippen molar-refractivity contribution in [1.29, 1.82) is 0 Å². The fourth-order valence-corrected chi connectivity index (χ4v) is 5.64. The maximum absolute atomic E-state index is 14.7. The van der Waals surface area contributed by atoms with Crippen molar-refractivity contribution in [2.45, 2.75) is 51.5 Å². The predicted octanol–water partition coefficient (Wildman–Crippen LogP) is 5.78. The summed E-state index contributed by atoms with van der Waals surface area (Å²) in [6, 6.07) is 16.3. The average Bonchev–Trinajstić information content (AvgIpc) is 3.82. The van der Waals surface area contributed by atoms with Gasteiger partial charge in [0.25, 0.3) is 0 Å².